The van der Waals surface area contributed by atoms with Crippen LogP contribution >= 0.6 is 0 Å². The van der Waals surface area contributed by atoms with Gasteiger partial charge in [-0.1, -0.05) is 12.1 Å². The van der Waals surface area contributed by atoms with E-state index in [0.29, 0.717) is 11.3 Å². The molecule has 28 heavy (non-hydrogen) atoms. The quantitative estimate of drug-likeness (QED) is 0.527. The van der Waals surface area contributed by atoms with Gasteiger partial charge < -0.3 is 5.32 Å². The zero-order chi connectivity index (χ0) is 20.1. The number of pyridine rings is 2. The highest BCUT2D eigenvalue weighted by Gasteiger charge is 2.30. The van der Waals surface area contributed by atoms with E-state index in [-0.39, 0.29) is 12.1 Å². The van der Waals surface area contributed by atoms with Crippen molar-refractivity contribution in [1.82, 2.24) is 14.9 Å². The summed E-state index contributed by atoms with van der Waals surface area (Å²) in [4.78, 5) is 42.3. The number of Topliss-reactive ketones (excluding diaryl/α,β-unsaturated/α-hetero) is 1. The predicted octanol–water partition coefficient (Wildman–Crippen LogP) is 2.43. The molecule has 0 radical (unpaired) electrons. The molecule has 0 aliphatic carbocycles. The van der Waals surface area contributed by atoms with E-state index in [2.05, 4.69) is 10.3 Å². The first-order valence-corrected chi connectivity index (χ1v) is 8.62. The van der Waals surface area contributed by atoms with E-state index < -0.39 is 29.1 Å². The number of rotatable bonds is 6. The van der Waals surface area contributed by atoms with Crippen molar-refractivity contribution < 1.29 is 14.0 Å². The minimum absolute atomic E-state index is 0.105. The summed E-state index contributed by atoms with van der Waals surface area (Å²) in [5.41, 5.74) is 0.973. The maximum Gasteiger partial charge on any atom is 0.251 e. The van der Waals surface area contributed by atoms with Crippen LogP contribution in [0.5, 0.6) is 0 Å². The fraction of sp³-hybridized carbons (Fsp3) is 0.143. The Hall–Kier alpha value is -3.61. The van der Waals surface area contributed by atoms with Crippen LogP contribution in [0.1, 0.15) is 27.7 Å². The highest BCUT2D eigenvalue weighted by Crippen LogP contribution is 2.15. The predicted molar refractivity (Wildman–Crippen MR) is 101 cm³/mol. The van der Waals surface area contributed by atoms with E-state index in [1.807, 2.05) is 0 Å². The number of hydrogen-bond acceptors (Lipinski definition) is 4. The molecule has 0 saturated carbocycles. The van der Waals surface area contributed by atoms with Crippen LogP contribution in [-0.4, -0.2) is 21.2 Å². The molecule has 2 heterocycles. The van der Waals surface area contributed by atoms with Crippen molar-refractivity contribution in [2.24, 2.45) is 0 Å². The van der Waals surface area contributed by atoms with Crippen molar-refractivity contribution in [3.05, 3.63) is 100.0 Å². The lowest BCUT2D eigenvalue weighted by Gasteiger charge is -2.19. The largest absolute Gasteiger partial charge is 0.348 e. The second kappa shape index (κ2) is 8.39. The summed E-state index contributed by atoms with van der Waals surface area (Å²) in [5.74, 6) is -1.75. The monoisotopic (exact) mass is 379 g/mol. The van der Waals surface area contributed by atoms with Crippen LogP contribution in [-0.2, 0) is 11.3 Å². The second-order valence-electron chi connectivity index (χ2n) is 6.26. The molecule has 142 valence electrons. The number of ketones is 1. The number of halogens is 1. The Morgan fingerprint density at radius 3 is 2.54 bits per heavy atom. The van der Waals surface area contributed by atoms with Gasteiger partial charge in [-0.15, -0.1) is 0 Å². The van der Waals surface area contributed by atoms with Gasteiger partial charge in [0, 0.05) is 24.0 Å². The molecule has 1 N–H and O–H groups in total. The van der Waals surface area contributed by atoms with Crippen LogP contribution in [0.4, 0.5) is 4.39 Å². The van der Waals surface area contributed by atoms with Gasteiger partial charge in [0.15, 0.2) is 11.8 Å². The van der Waals surface area contributed by atoms with E-state index >= 15 is 0 Å². The summed E-state index contributed by atoms with van der Waals surface area (Å²) >= 11 is 0. The van der Waals surface area contributed by atoms with Gasteiger partial charge in [-0.05, 0) is 48.9 Å². The molecule has 1 amide bonds. The Balaban J connectivity index is 1.95. The zero-order valence-electron chi connectivity index (χ0n) is 15.1. The summed E-state index contributed by atoms with van der Waals surface area (Å²) < 4.78 is 14.3. The molecule has 0 saturated heterocycles. The number of amides is 1. The first-order valence-electron chi connectivity index (χ1n) is 8.62. The lowest BCUT2D eigenvalue weighted by Crippen LogP contribution is -2.41. The normalized spacial score (nSPS) is 11.6. The minimum atomic E-state index is -1.42. The highest BCUT2D eigenvalue weighted by molar-refractivity contribution is 6.11. The van der Waals surface area contributed by atoms with Crippen LogP contribution in [0.2, 0.25) is 0 Å². The number of carbonyl (C=O) groups excluding carboxylic acids is 2. The van der Waals surface area contributed by atoms with Crippen LogP contribution in [0.3, 0.4) is 0 Å². The van der Waals surface area contributed by atoms with E-state index in [4.69, 9.17) is 0 Å². The summed E-state index contributed by atoms with van der Waals surface area (Å²) in [6.45, 7) is 1.86. The first-order chi connectivity index (χ1) is 13.5. The summed E-state index contributed by atoms with van der Waals surface area (Å²) in [6.07, 6.45) is 3.04. The van der Waals surface area contributed by atoms with Gasteiger partial charge in [-0.25, -0.2) is 4.39 Å². The van der Waals surface area contributed by atoms with E-state index in [1.54, 1.807) is 37.4 Å². The number of carbonyl (C=O) groups is 2. The zero-order valence-corrected chi connectivity index (χ0v) is 15.1. The van der Waals surface area contributed by atoms with E-state index in [1.165, 1.54) is 24.4 Å². The van der Waals surface area contributed by atoms with Gasteiger partial charge in [-0.3, -0.25) is 23.9 Å². The molecule has 0 spiro atoms. The summed E-state index contributed by atoms with van der Waals surface area (Å²) in [5, 5.41) is 2.65. The van der Waals surface area contributed by atoms with Gasteiger partial charge in [0.25, 0.3) is 11.5 Å². The Morgan fingerprint density at radius 2 is 1.86 bits per heavy atom. The highest BCUT2D eigenvalue weighted by atomic mass is 19.1. The summed E-state index contributed by atoms with van der Waals surface area (Å²) in [6, 6.07) is 11.6. The third-order valence-electron chi connectivity index (χ3n) is 4.16. The Labute approximate surface area is 160 Å². The van der Waals surface area contributed by atoms with Crippen molar-refractivity contribution in [1.29, 1.82) is 0 Å². The van der Waals surface area contributed by atoms with Crippen molar-refractivity contribution in [3.8, 4) is 0 Å². The van der Waals surface area contributed by atoms with Crippen LogP contribution < -0.4 is 10.9 Å². The number of hydrogen-bond donors (Lipinski definition) is 1. The molecule has 0 unspecified atom stereocenters. The topological polar surface area (TPSA) is 81.1 Å². The number of nitrogens with zero attached hydrogens (tertiary/aromatic N) is 2. The third-order valence-corrected chi connectivity index (χ3v) is 4.16. The molecule has 1 aromatic carbocycles. The van der Waals surface area contributed by atoms with E-state index in [0.717, 1.165) is 16.7 Å². The molecule has 3 rings (SSSR count). The molecule has 0 aliphatic heterocycles. The average molecular weight is 379 g/mol. The number of aryl methyl sites for hydroxylation is 1. The minimum Gasteiger partial charge on any atom is -0.348 e. The summed E-state index contributed by atoms with van der Waals surface area (Å²) in [7, 11) is 0. The van der Waals surface area contributed by atoms with Crippen molar-refractivity contribution in [3.63, 3.8) is 0 Å². The molecule has 3 aromatic rings. The number of aromatic nitrogens is 2. The molecular formula is C21H18FN3O3. The Bertz CT molecular complexity index is 1050. The number of benzene rings is 1. The molecule has 0 fully saturated rings. The maximum atomic E-state index is 13.2. The van der Waals surface area contributed by atoms with Gasteiger partial charge in [0.05, 0.1) is 12.2 Å². The van der Waals surface area contributed by atoms with Crippen molar-refractivity contribution >= 4 is 11.7 Å². The van der Waals surface area contributed by atoms with Crippen LogP contribution in [0.25, 0.3) is 0 Å². The molecular weight excluding hydrogens is 361 g/mol. The Kier molecular flexibility index (Phi) is 5.74. The average Bonchev–Trinajstić information content (AvgIpc) is 2.70. The smallest absolute Gasteiger partial charge is 0.251 e. The Morgan fingerprint density at radius 1 is 1.11 bits per heavy atom. The molecule has 7 heteroatoms. The fourth-order valence-corrected chi connectivity index (χ4v) is 2.74. The van der Waals surface area contributed by atoms with Gasteiger partial charge in [0.2, 0.25) is 0 Å². The molecule has 0 bridgehead atoms. The SMILES string of the molecule is Cc1ccc(=O)n([C@H](C(=O)NCc2ccccn2)C(=O)c2ccc(F)cc2)c1. The molecule has 1 atom stereocenters. The van der Waals surface area contributed by atoms with E-state index in [9.17, 15) is 18.8 Å². The molecule has 0 aliphatic rings. The van der Waals surface area contributed by atoms with Gasteiger partial charge >= 0.3 is 0 Å². The van der Waals surface area contributed by atoms with Crippen LogP contribution in [0.15, 0.2) is 71.8 Å². The number of nitrogens with one attached hydrogen (secondary N) is 1. The molecule has 2 aromatic heterocycles. The fourth-order valence-electron chi connectivity index (χ4n) is 2.74. The maximum absolute atomic E-state index is 13.2. The first kappa shape index (κ1) is 19.2. The van der Waals surface area contributed by atoms with Crippen molar-refractivity contribution in [2.45, 2.75) is 19.5 Å². The second-order valence-corrected chi connectivity index (χ2v) is 6.26. The van der Waals surface area contributed by atoms with Gasteiger partial charge in [0.1, 0.15) is 5.82 Å². The van der Waals surface area contributed by atoms with Crippen molar-refractivity contribution in [2.75, 3.05) is 0 Å². The third kappa shape index (κ3) is 4.37. The lowest BCUT2D eigenvalue weighted by atomic mass is 10.0. The molecule has 6 nitrogen and oxygen atoms in total. The lowest BCUT2D eigenvalue weighted by molar-refractivity contribution is -0.123. The van der Waals surface area contributed by atoms with Crippen LogP contribution in [0, 0.1) is 12.7 Å². The van der Waals surface area contributed by atoms with Gasteiger partial charge in [-0.2, -0.15) is 0 Å². The standard InChI is InChI=1S/C21H18FN3O3/c1-14-5-10-18(26)25(13-14)19(20(27)15-6-8-16(22)9-7-15)21(28)24-12-17-4-2-3-11-23-17/h2-11,13,19H,12H2,1H3,(H,24,28)/t19-/m0/s1.